The zero-order valence-corrected chi connectivity index (χ0v) is 7.47. The van der Waals surface area contributed by atoms with E-state index in [-0.39, 0.29) is 5.82 Å². The van der Waals surface area contributed by atoms with Gasteiger partial charge in [-0.05, 0) is 19.1 Å². The fourth-order valence-corrected chi connectivity index (χ4v) is 0.533. The van der Waals surface area contributed by atoms with Gasteiger partial charge in [-0.25, -0.2) is 4.39 Å². The first-order chi connectivity index (χ1) is 5.70. The third-order valence-corrected chi connectivity index (χ3v) is 1.22. The Labute approximate surface area is 73.4 Å². The van der Waals surface area contributed by atoms with E-state index in [1.54, 1.807) is 12.1 Å². The molecular formula is C11H13F. The van der Waals surface area contributed by atoms with Crippen molar-refractivity contribution >= 4 is 0 Å². The zero-order chi connectivity index (χ0) is 9.40. The van der Waals surface area contributed by atoms with Crippen molar-refractivity contribution < 1.29 is 4.39 Å². The van der Waals surface area contributed by atoms with Crippen LogP contribution in [0.1, 0.15) is 18.9 Å². The Hall–Kier alpha value is -1.29. The number of rotatable bonds is 0. The molecule has 0 nitrogen and oxygen atoms in total. The van der Waals surface area contributed by atoms with Crippen LogP contribution in [0.25, 0.3) is 0 Å². The van der Waals surface area contributed by atoms with E-state index in [1.807, 2.05) is 13.8 Å². The van der Waals surface area contributed by atoms with E-state index in [0.29, 0.717) is 0 Å². The van der Waals surface area contributed by atoms with E-state index < -0.39 is 0 Å². The summed E-state index contributed by atoms with van der Waals surface area (Å²) in [5, 5.41) is 0. The molecule has 1 aromatic rings. The fraction of sp³-hybridized carbons (Fsp3) is 0.273. The van der Waals surface area contributed by atoms with Gasteiger partial charge in [0.1, 0.15) is 5.82 Å². The van der Waals surface area contributed by atoms with Crippen LogP contribution in [0.3, 0.4) is 0 Å². The van der Waals surface area contributed by atoms with Crippen LogP contribution < -0.4 is 0 Å². The first-order valence-electron chi connectivity index (χ1n) is 3.86. The third-order valence-electron chi connectivity index (χ3n) is 1.22. The molecule has 0 aliphatic carbocycles. The van der Waals surface area contributed by atoms with Gasteiger partial charge in [-0.1, -0.05) is 24.6 Å². The molecule has 0 atom stereocenters. The van der Waals surface area contributed by atoms with Gasteiger partial charge in [-0.15, -0.1) is 12.3 Å². The largest absolute Gasteiger partial charge is 0.207 e. The number of hydrogen-bond donors (Lipinski definition) is 0. The van der Waals surface area contributed by atoms with Gasteiger partial charge in [0.2, 0.25) is 0 Å². The standard InChI is InChI=1S/C7H7F.C4H6/c1-6-2-4-7(8)5-3-6;1-3-4-2/h2-5H,1H3;1H,4H2,2H3. The lowest BCUT2D eigenvalue weighted by atomic mass is 10.2. The SMILES string of the molecule is C#CCC.Cc1ccc(F)cc1. The highest BCUT2D eigenvalue weighted by atomic mass is 19.1. The number of benzene rings is 1. The van der Waals surface area contributed by atoms with E-state index in [1.165, 1.54) is 12.1 Å². The topological polar surface area (TPSA) is 0 Å². The summed E-state index contributed by atoms with van der Waals surface area (Å²) in [6.45, 7) is 3.87. The highest BCUT2D eigenvalue weighted by Crippen LogP contribution is 1.98. The molecule has 0 fully saturated rings. The second-order valence-corrected chi connectivity index (χ2v) is 2.35. The van der Waals surface area contributed by atoms with E-state index in [4.69, 9.17) is 6.42 Å². The quantitative estimate of drug-likeness (QED) is 0.517. The minimum atomic E-state index is -0.171. The van der Waals surface area contributed by atoms with E-state index in [0.717, 1.165) is 12.0 Å². The molecule has 0 heterocycles. The van der Waals surface area contributed by atoms with Crippen LogP contribution in [0.2, 0.25) is 0 Å². The summed E-state index contributed by atoms with van der Waals surface area (Å²) in [7, 11) is 0. The molecule has 0 aromatic heterocycles. The number of hydrogen-bond acceptors (Lipinski definition) is 0. The Bertz CT molecular complexity index is 220. The molecule has 0 saturated heterocycles. The number of aryl methyl sites for hydroxylation is 1. The molecule has 0 unspecified atom stereocenters. The van der Waals surface area contributed by atoms with Gasteiger partial charge in [-0.2, -0.15) is 0 Å². The van der Waals surface area contributed by atoms with Crippen molar-refractivity contribution in [2.45, 2.75) is 20.3 Å². The maximum Gasteiger partial charge on any atom is 0.123 e. The second-order valence-electron chi connectivity index (χ2n) is 2.35. The van der Waals surface area contributed by atoms with Gasteiger partial charge in [0.15, 0.2) is 0 Å². The molecule has 1 heteroatoms. The van der Waals surface area contributed by atoms with E-state index in [9.17, 15) is 4.39 Å². The summed E-state index contributed by atoms with van der Waals surface area (Å²) < 4.78 is 12.1. The lowest BCUT2D eigenvalue weighted by Gasteiger charge is -1.87. The molecule has 0 radical (unpaired) electrons. The third kappa shape index (κ3) is 5.49. The van der Waals surface area contributed by atoms with Crippen molar-refractivity contribution in [3.63, 3.8) is 0 Å². The van der Waals surface area contributed by atoms with Crippen molar-refractivity contribution in [2.75, 3.05) is 0 Å². The molecule has 0 bridgehead atoms. The van der Waals surface area contributed by atoms with Gasteiger partial charge >= 0.3 is 0 Å². The van der Waals surface area contributed by atoms with Crippen molar-refractivity contribution in [1.82, 2.24) is 0 Å². The zero-order valence-electron chi connectivity index (χ0n) is 7.47. The molecule has 64 valence electrons. The summed E-state index contributed by atoms with van der Waals surface area (Å²) in [5.74, 6) is 2.26. The Morgan fingerprint density at radius 2 is 1.75 bits per heavy atom. The van der Waals surface area contributed by atoms with Crippen molar-refractivity contribution in [3.05, 3.63) is 35.6 Å². The maximum absolute atomic E-state index is 12.1. The summed E-state index contributed by atoms with van der Waals surface area (Å²) in [6.07, 6.45) is 5.62. The van der Waals surface area contributed by atoms with E-state index in [2.05, 4.69) is 5.92 Å². The minimum Gasteiger partial charge on any atom is -0.207 e. The summed E-state index contributed by atoms with van der Waals surface area (Å²) >= 11 is 0. The van der Waals surface area contributed by atoms with E-state index >= 15 is 0 Å². The number of terminal acetylenes is 1. The van der Waals surface area contributed by atoms with Gasteiger partial charge in [0, 0.05) is 6.42 Å². The molecule has 1 rings (SSSR count). The first kappa shape index (κ1) is 10.7. The Kier molecular flexibility index (Phi) is 5.73. The predicted octanol–water partition coefficient (Wildman–Crippen LogP) is 3.16. The van der Waals surface area contributed by atoms with Gasteiger partial charge in [-0.3, -0.25) is 0 Å². The van der Waals surface area contributed by atoms with Crippen molar-refractivity contribution in [1.29, 1.82) is 0 Å². The van der Waals surface area contributed by atoms with Crippen LogP contribution in [-0.2, 0) is 0 Å². The smallest absolute Gasteiger partial charge is 0.123 e. The Balaban J connectivity index is 0.000000261. The lowest BCUT2D eigenvalue weighted by molar-refractivity contribution is 0.627. The van der Waals surface area contributed by atoms with Gasteiger partial charge < -0.3 is 0 Å². The summed E-state index contributed by atoms with van der Waals surface area (Å²) in [6, 6.07) is 6.40. The maximum atomic E-state index is 12.1. The van der Waals surface area contributed by atoms with Crippen LogP contribution in [0, 0.1) is 25.1 Å². The summed E-state index contributed by atoms with van der Waals surface area (Å²) in [5.41, 5.74) is 1.09. The van der Waals surface area contributed by atoms with Crippen molar-refractivity contribution in [3.8, 4) is 12.3 Å². The fourth-order valence-electron chi connectivity index (χ4n) is 0.533. The van der Waals surface area contributed by atoms with Crippen LogP contribution in [0.15, 0.2) is 24.3 Å². The molecule has 0 saturated carbocycles. The van der Waals surface area contributed by atoms with Crippen LogP contribution >= 0.6 is 0 Å². The van der Waals surface area contributed by atoms with Crippen LogP contribution in [0.5, 0.6) is 0 Å². The monoisotopic (exact) mass is 164 g/mol. The highest BCUT2D eigenvalue weighted by molar-refractivity contribution is 5.13. The van der Waals surface area contributed by atoms with Gasteiger partial charge in [0.25, 0.3) is 0 Å². The van der Waals surface area contributed by atoms with Gasteiger partial charge in [0.05, 0.1) is 0 Å². The number of halogens is 1. The normalized spacial score (nSPS) is 7.83. The molecular weight excluding hydrogens is 151 g/mol. The predicted molar refractivity (Wildman–Crippen MR) is 50.3 cm³/mol. The molecule has 12 heavy (non-hydrogen) atoms. The molecule has 0 amide bonds. The Morgan fingerprint density at radius 1 is 1.33 bits per heavy atom. The lowest BCUT2D eigenvalue weighted by Crippen LogP contribution is -1.71. The molecule has 0 N–H and O–H groups in total. The molecule has 0 aliphatic heterocycles. The average molecular weight is 164 g/mol. The average Bonchev–Trinajstić information content (AvgIpc) is 2.11. The summed E-state index contributed by atoms with van der Waals surface area (Å²) in [4.78, 5) is 0. The molecule has 0 aliphatic rings. The highest BCUT2D eigenvalue weighted by Gasteiger charge is 1.83. The van der Waals surface area contributed by atoms with Crippen molar-refractivity contribution in [2.24, 2.45) is 0 Å². The first-order valence-corrected chi connectivity index (χ1v) is 3.86. The Morgan fingerprint density at radius 3 is 2.00 bits per heavy atom. The van der Waals surface area contributed by atoms with Crippen LogP contribution in [-0.4, -0.2) is 0 Å². The molecule has 1 aromatic carbocycles. The van der Waals surface area contributed by atoms with Crippen LogP contribution in [0.4, 0.5) is 4.39 Å². The minimum absolute atomic E-state index is 0.171. The molecule has 0 spiro atoms. The second kappa shape index (κ2) is 6.42.